The Labute approximate surface area is 167 Å². The number of carbonyl (C=O) groups excluding carboxylic acids is 1. The van der Waals surface area contributed by atoms with Crippen molar-refractivity contribution in [3.8, 4) is 11.3 Å². The number of aromatic nitrogens is 1. The number of fused-ring (bicyclic) bond motifs is 1. The number of rotatable bonds is 3. The number of halogens is 5. The minimum atomic E-state index is -1.60. The van der Waals surface area contributed by atoms with E-state index in [0.29, 0.717) is 17.7 Å². The average molecular weight is 422 g/mol. The molecule has 0 bridgehead atoms. The van der Waals surface area contributed by atoms with E-state index >= 15 is 0 Å². The van der Waals surface area contributed by atoms with Crippen molar-refractivity contribution < 1.29 is 31.3 Å². The highest BCUT2D eigenvalue weighted by Crippen LogP contribution is 2.34. The average Bonchev–Trinajstić information content (AvgIpc) is 3.07. The summed E-state index contributed by atoms with van der Waals surface area (Å²) in [6, 6.07) is 4.26. The monoisotopic (exact) mass is 422 g/mol. The number of benzene rings is 2. The highest BCUT2D eigenvalue weighted by molar-refractivity contribution is 5.80. The van der Waals surface area contributed by atoms with Crippen LogP contribution in [0.2, 0.25) is 0 Å². The highest BCUT2D eigenvalue weighted by atomic mass is 19.2. The topological polar surface area (TPSA) is 46.3 Å². The van der Waals surface area contributed by atoms with Gasteiger partial charge in [0, 0.05) is 24.1 Å². The first-order valence-corrected chi connectivity index (χ1v) is 9.10. The van der Waals surface area contributed by atoms with Crippen molar-refractivity contribution >= 4 is 5.91 Å². The van der Waals surface area contributed by atoms with Crippen molar-refractivity contribution in [1.29, 1.82) is 0 Å². The Hall–Kier alpha value is -3.23. The van der Waals surface area contributed by atoms with Gasteiger partial charge in [-0.25, -0.2) is 22.0 Å². The summed E-state index contributed by atoms with van der Waals surface area (Å²) in [4.78, 5) is 14.2. The van der Waals surface area contributed by atoms with Crippen LogP contribution in [0.4, 0.5) is 22.0 Å². The Bertz CT molecular complexity index is 1120. The van der Waals surface area contributed by atoms with Crippen LogP contribution in [-0.4, -0.2) is 22.0 Å². The smallest absolute Gasteiger partial charge is 0.227 e. The van der Waals surface area contributed by atoms with Crippen molar-refractivity contribution in [2.45, 2.75) is 32.4 Å². The molecule has 0 radical (unpaired) electrons. The lowest BCUT2D eigenvalue weighted by Gasteiger charge is -2.33. The van der Waals surface area contributed by atoms with Gasteiger partial charge in [0.25, 0.3) is 0 Å². The molecular weight excluding hydrogens is 407 g/mol. The Morgan fingerprint density at radius 3 is 2.47 bits per heavy atom. The first-order valence-electron chi connectivity index (χ1n) is 9.10. The molecule has 2 heterocycles. The van der Waals surface area contributed by atoms with E-state index in [-0.39, 0.29) is 35.9 Å². The normalized spacial score (nSPS) is 15.9. The molecule has 9 heteroatoms. The molecule has 0 N–H and O–H groups in total. The third-order valence-corrected chi connectivity index (χ3v) is 5.11. The van der Waals surface area contributed by atoms with Gasteiger partial charge in [-0.15, -0.1) is 0 Å². The minimum Gasteiger partial charge on any atom is -0.356 e. The zero-order valence-corrected chi connectivity index (χ0v) is 15.7. The van der Waals surface area contributed by atoms with Crippen LogP contribution in [0.25, 0.3) is 11.3 Å². The van der Waals surface area contributed by atoms with Gasteiger partial charge in [-0.05, 0) is 36.8 Å². The summed E-state index contributed by atoms with van der Waals surface area (Å²) >= 11 is 0. The SMILES string of the molecule is C[C@H]1Cc2noc(-c3ccc(F)cc3F)c2CN1C(=O)Cc1cc(F)c(F)c(F)c1. The zero-order valence-electron chi connectivity index (χ0n) is 15.7. The van der Waals surface area contributed by atoms with Crippen LogP contribution in [0.5, 0.6) is 0 Å². The fourth-order valence-corrected chi connectivity index (χ4v) is 3.59. The van der Waals surface area contributed by atoms with Gasteiger partial charge in [0.05, 0.1) is 24.2 Å². The molecule has 0 fully saturated rings. The molecule has 156 valence electrons. The molecular formula is C21H15F5N2O2. The quantitative estimate of drug-likeness (QED) is 0.460. The third kappa shape index (κ3) is 3.55. The molecule has 1 aliphatic rings. The summed E-state index contributed by atoms with van der Waals surface area (Å²) in [7, 11) is 0. The summed E-state index contributed by atoms with van der Waals surface area (Å²) in [6.45, 7) is 1.79. The first kappa shape index (κ1) is 20.1. The molecule has 1 amide bonds. The van der Waals surface area contributed by atoms with E-state index in [1.165, 1.54) is 11.0 Å². The number of amides is 1. The van der Waals surface area contributed by atoms with Crippen LogP contribution in [0.1, 0.15) is 23.7 Å². The number of hydrogen-bond donors (Lipinski definition) is 0. The van der Waals surface area contributed by atoms with Crippen LogP contribution in [0.15, 0.2) is 34.9 Å². The Kier molecular flexibility index (Phi) is 5.05. The van der Waals surface area contributed by atoms with Gasteiger partial charge in [-0.2, -0.15) is 0 Å². The maximum absolute atomic E-state index is 14.2. The van der Waals surface area contributed by atoms with E-state index < -0.39 is 35.0 Å². The molecule has 1 atom stereocenters. The van der Waals surface area contributed by atoms with Crippen molar-refractivity contribution in [2.24, 2.45) is 0 Å². The lowest BCUT2D eigenvalue weighted by Crippen LogP contribution is -2.43. The van der Waals surface area contributed by atoms with E-state index in [1.807, 2.05) is 0 Å². The summed E-state index contributed by atoms with van der Waals surface area (Å²) in [5, 5.41) is 3.94. The molecule has 4 rings (SSSR count). The van der Waals surface area contributed by atoms with Gasteiger partial charge in [0.2, 0.25) is 5.91 Å². The predicted octanol–water partition coefficient (Wildman–Crippen LogP) is 4.55. The maximum atomic E-state index is 14.2. The number of hydrogen-bond acceptors (Lipinski definition) is 3. The first-order chi connectivity index (χ1) is 14.2. The molecule has 2 aromatic carbocycles. The Balaban J connectivity index is 1.61. The lowest BCUT2D eigenvalue weighted by molar-refractivity contribution is -0.133. The van der Waals surface area contributed by atoms with Crippen LogP contribution in [-0.2, 0) is 24.2 Å². The molecule has 0 unspecified atom stereocenters. The van der Waals surface area contributed by atoms with E-state index in [0.717, 1.165) is 24.3 Å². The fourth-order valence-electron chi connectivity index (χ4n) is 3.59. The molecule has 0 aliphatic carbocycles. The maximum Gasteiger partial charge on any atom is 0.227 e. The van der Waals surface area contributed by atoms with Gasteiger partial charge in [-0.1, -0.05) is 5.16 Å². The van der Waals surface area contributed by atoms with Gasteiger partial charge < -0.3 is 9.42 Å². The van der Waals surface area contributed by atoms with E-state index in [4.69, 9.17) is 4.52 Å². The zero-order chi connectivity index (χ0) is 21.6. The highest BCUT2D eigenvalue weighted by Gasteiger charge is 2.33. The second kappa shape index (κ2) is 7.55. The summed E-state index contributed by atoms with van der Waals surface area (Å²) < 4.78 is 72.7. The Morgan fingerprint density at radius 1 is 1.10 bits per heavy atom. The van der Waals surface area contributed by atoms with E-state index in [9.17, 15) is 26.7 Å². The van der Waals surface area contributed by atoms with Gasteiger partial charge in [0.1, 0.15) is 11.6 Å². The second-order valence-electron chi connectivity index (χ2n) is 7.19. The van der Waals surface area contributed by atoms with Crippen molar-refractivity contribution in [3.05, 3.63) is 76.2 Å². The largest absolute Gasteiger partial charge is 0.356 e. The van der Waals surface area contributed by atoms with Crippen LogP contribution >= 0.6 is 0 Å². The standard InChI is InChI=1S/C21H15F5N2O2/c1-10-4-18-14(21(30-27-18)13-3-2-12(22)8-15(13)23)9-28(10)19(29)7-11-5-16(24)20(26)17(25)6-11/h2-3,5-6,8,10H,4,7,9H2,1H3/t10-/m0/s1. The van der Waals surface area contributed by atoms with Crippen LogP contribution in [0, 0.1) is 29.1 Å². The van der Waals surface area contributed by atoms with Gasteiger partial charge in [-0.3, -0.25) is 4.79 Å². The summed E-state index contributed by atoms with van der Waals surface area (Å²) in [5.74, 6) is -6.29. The fraction of sp³-hybridized carbons (Fsp3) is 0.238. The number of carbonyl (C=O) groups is 1. The van der Waals surface area contributed by atoms with Crippen molar-refractivity contribution in [3.63, 3.8) is 0 Å². The lowest BCUT2D eigenvalue weighted by atomic mass is 9.96. The molecule has 30 heavy (non-hydrogen) atoms. The predicted molar refractivity (Wildman–Crippen MR) is 95.6 cm³/mol. The van der Waals surface area contributed by atoms with E-state index in [1.54, 1.807) is 6.92 Å². The molecule has 4 nitrogen and oxygen atoms in total. The van der Waals surface area contributed by atoms with Crippen LogP contribution < -0.4 is 0 Å². The third-order valence-electron chi connectivity index (χ3n) is 5.11. The van der Waals surface area contributed by atoms with Crippen LogP contribution in [0.3, 0.4) is 0 Å². The Morgan fingerprint density at radius 2 is 1.80 bits per heavy atom. The molecule has 0 spiro atoms. The summed E-state index contributed by atoms with van der Waals surface area (Å²) in [5.41, 5.74) is 1.02. The second-order valence-corrected chi connectivity index (χ2v) is 7.19. The number of nitrogens with zero attached hydrogens (tertiary/aromatic N) is 2. The molecule has 1 aromatic heterocycles. The summed E-state index contributed by atoms with van der Waals surface area (Å²) in [6.07, 6.45) is -0.0289. The molecule has 3 aromatic rings. The van der Waals surface area contributed by atoms with Crippen molar-refractivity contribution in [2.75, 3.05) is 0 Å². The van der Waals surface area contributed by atoms with Gasteiger partial charge >= 0.3 is 0 Å². The molecule has 0 saturated carbocycles. The minimum absolute atomic E-state index is 0.00905. The van der Waals surface area contributed by atoms with Crippen molar-refractivity contribution in [1.82, 2.24) is 10.1 Å². The van der Waals surface area contributed by atoms with Gasteiger partial charge in [0.15, 0.2) is 23.2 Å². The molecule has 0 saturated heterocycles. The van der Waals surface area contributed by atoms with E-state index in [2.05, 4.69) is 5.16 Å². The molecule has 1 aliphatic heterocycles.